The van der Waals surface area contributed by atoms with E-state index in [1.807, 2.05) is 22.6 Å². The van der Waals surface area contributed by atoms with Crippen LogP contribution in [0.2, 0.25) is 0 Å². The summed E-state index contributed by atoms with van der Waals surface area (Å²) in [7, 11) is 1.95. The molecule has 0 fully saturated rings. The predicted molar refractivity (Wildman–Crippen MR) is 69.5 cm³/mol. The molecule has 2 rings (SSSR count). The number of hydrogen-bond donors (Lipinski definition) is 1. The zero-order valence-corrected chi connectivity index (χ0v) is 11.6. The van der Waals surface area contributed by atoms with Gasteiger partial charge in [-0.1, -0.05) is 6.92 Å². The SMILES string of the molecule is CCc1nn(C)c(Cn2cc(CN)cn2)c1Br. The van der Waals surface area contributed by atoms with E-state index in [-0.39, 0.29) is 0 Å². The maximum absolute atomic E-state index is 5.56. The fourth-order valence-electron chi connectivity index (χ4n) is 1.74. The summed E-state index contributed by atoms with van der Waals surface area (Å²) < 4.78 is 4.85. The lowest BCUT2D eigenvalue weighted by molar-refractivity contribution is 0.616. The van der Waals surface area contributed by atoms with Crippen LogP contribution in [0.3, 0.4) is 0 Å². The van der Waals surface area contributed by atoms with Gasteiger partial charge in [-0.15, -0.1) is 0 Å². The summed E-state index contributed by atoms with van der Waals surface area (Å²) in [5, 5.41) is 8.73. The van der Waals surface area contributed by atoms with Crippen LogP contribution in [0.4, 0.5) is 0 Å². The minimum atomic E-state index is 0.521. The average Bonchev–Trinajstić information content (AvgIpc) is 2.88. The first-order valence-electron chi connectivity index (χ1n) is 5.57. The molecule has 6 heteroatoms. The number of aromatic nitrogens is 4. The van der Waals surface area contributed by atoms with Crippen LogP contribution in [-0.2, 0) is 26.6 Å². The predicted octanol–water partition coefficient (Wildman–Crippen LogP) is 1.45. The van der Waals surface area contributed by atoms with Crippen molar-refractivity contribution in [2.75, 3.05) is 0 Å². The van der Waals surface area contributed by atoms with Crippen LogP contribution in [0.25, 0.3) is 0 Å². The third-order valence-electron chi connectivity index (χ3n) is 2.74. The molecule has 0 aromatic carbocycles. The molecule has 92 valence electrons. The normalized spacial score (nSPS) is 11.1. The van der Waals surface area contributed by atoms with Gasteiger partial charge < -0.3 is 5.73 Å². The van der Waals surface area contributed by atoms with Crippen LogP contribution in [0.15, 0.2) is 16.9 Å². The molecule has 0 radical (unpaired) electrons. The molecule has 0 spiro atoms. The van der Waals surface area contributed by atoms with Crippen LogP contribution in [0, 0.1) is 0 Å². The van der Waals surface area contributed by atoms with Crippen molar-refractivity contribution in [1.29, 1.82) is 0 Å². The first kappa shape index (κ1) is 12.3. The summed E-state index contributed by atoms with van der Waals surface area (Å²) in [5.74, 6) is 0. The van der Waals surface area contributed by atoms with Crippen LogP contribution in [-0.4, -0.2) is 19.6 Å². The molecule has 2 aromatic heterocycles. The van der Waals surface area contributed by atoms with Crippen molar-refractivity contribution in [3.05, 3.63) is 33.8 Å². The fraction of sp³-hybridized carbons (Fsp3) is 0.455. The molecular formula is C11H16BrN5. The van der Waals surface area contributed by atoms with Crippen molar-refractivity contribution in [3.8, 4) is 0 Å². The van der Waals surface area contributed by atoms with Crippen LogP contribution >= 0.6 is 15.9 Å². The van der Waals surface area contributed by atoms with Gasteiger partial charge in [0.25, 0.3) is 0 Å². The van der Waals surface area contributed by atoms with E-state index in [1.165, 1.54) is 0 Å². The standard InChI is InChI=1S/C11H16BrN5/c1-3-9-11(12)10(16(2)15-9)7-17-6-8(4-13)5-14-17/h5-6H,3-4,7,13H2,1-2H3. The van der Waals surface area contributed by atoms with Gasteiger partial charge in [0, 0.05) is 25.4 Å². The van der Waals surface area contributed by atoms with Gasteiger partial charge in [0.05, 0.1) is 28.6 Å². The van der Waals surface area contributed by atoms with E-state index in [2.05, 4.69) is 33.1 Å². The molecule has 0 amide bonds. The zero-order valence-electron chi connectivity index (χ0n) is 10.0. The van der Waals surface area contributed by atoms with Gasteiger partial charge in [0.2, 0.25) is 0 Å². The average molecular weight is 298 g/mol. The zero-order chi connectivity index (χ0) is 12.4. The lowest BCUT2D eigenvalue weighted by atomic mass is 10.3. The first-order valence-corrected chi connectivity index (χ1v) is 6.36. The lowest BCUT2D eigenvalue weighted by Gasteiger charge is -2.03. The monoisotopic (exact) mass is 297 g/mol. The molecule has 17 heavy (non-hydrogen) atoms. The van der Waals surface area contributed by atoms with Crippen LogP contribution < -0.4 is 5.73 Å². The molecular weight excluding hydrogens is 282 g/mol. The van der Waals surface area contributed by atoms with Gasteiger partial charge in [0.15, 0.2) is 0 Å². The third kappa shape index (κ3) is 2.42. The van der Waals surface area contributed by atoms with Gasteiger partial charge in [-0.25, -0.2) is 0 Å². The Labute approximate surface area is 109 Å². The molecule has 5 nitrogen and oxygen atoms in total. The highest BCUT2D eigenvalue weighted by Gasteiger charge is 2.13. The molecule has 0 aliphatic rings. The Bertz CT molecular complexity index is 514. The van der Waals surface area contributed by atoms with Crippen molar-refractivity contribution < 1.29 is 0 Å². The Balaban J connectivity index is 2.26. The van der Waals surface area contributed by atoms with Crippen LogP contribution in [0.5, 0.6) is 0 Å². The Morgan fingerprint density at radius 1 is 1.47 bits per heavy atom. The largest absolute Gasteiger partial charge is 0.326 e. The van der Waals surface area contributed by atoms with Gasteiger partial charge in [0.1, 0.15) is 0 Å². The van der Waals surface area contributed by atoms with Crippen molar-refractivity contribution in [3.63, 3.8) is 0 Å². The number of halogens is 1. The quantitative estimate of drug-likeness (QED) is 0.929. The van der Waals surface area contributed by atoms with E-state index in [0.29, 0.717) is 13.1 Å². The Morgan fingerprint density at radius 2 is 2.24 bits per heavy atom. The smallest absolute Gasteiger partial charge is 0.0839 e. The van der Waals surface area contributed by atoms with Gasteiger partial charge >= 0.3 is 0 Å². The van der Waals surface area contributed by atoms with E-state index in [1.54, 1.807) is 6.20 Å². The number of nitrogens with zero attached hydrogens (tertiary/aromatic N) is 4. The van der Waals surface area contributed by atoms with Gasteiger partial charge in [-0.05, 0) is 22.4 Å². The van der Waals surface area contributed by atoms with Gasteiger partial charge in [-0.2, -0.15) is 10.2 Å². The van der Waals surface area contributed by atoms with Crippen molar-refractivity contribution in [2.45, 2.75) is 26.4 Å². The topological polar surface area (TPSA) is 61.7 Å². The molecule has 0 aliphatic heterocycles. The maximum Gasteiger partial charge on any atom is 0.0839 e. The Hall–Kier alpha value is -1.14. The first-order chi connectivity index (χ1) is 8.15. The number of nitrogens with two attached hydrogens (primary N) is 1. The summed E-state index contributed by atoms with van der Waals surface area (Å²) in [5.41, 5.74) is 8.80. The van der Waals surface area contributed by atoms with Crippen molar-refractivity contribution >= 4 is 15.9 Å². The molecule has 2 aromatic rings. The van der Waals surface area contributed by atoms with E-state index < -0.39 is 0 Å². The minimum absolute atomic E-state index is 0.521. The fourth-order valence-corrected chi connectivity index (χ4v) is 2.48. The van der Waals surface area contributed by atoms with E-state index >= 15 is 0 Å². The highest BCUT2D eigenvalue weighted by atomic mass is 79.9. The number of rotatable bonds is 4. The Morgan fingerprint density at radius 3 is 2.76 bits per heavy atom. The minimum Gasteiger partial charge on any atom is -0.326 e. The molecule has 2 heterocycles. The maximum atomic E-state index is 5.56. The summed E-state index contributed by atoms with van der Waals surface area (Å²) in [6, 6.07) is 0. The van der Waals surface area contributed by atoms with Crippen molar-refractivity contribution in [1.82, 2.24) is 19.6 Å². The summed E-state index contributed by atoms with van der Waals surface area (Å²) in [6.07, 6.45) is 4.68. The molecule has 0 saturated heterocycles. The summed E-state index contributed by atoms with van der Waals surface area (Å²) in [4.78, 5) is 0. The van der Waals surface area contributed by atoms with Crippen molar-refractivity contribution in [2.24, 2.45) is 12.8 Å². The van der Waals surface area contributed by atoms with E-state index in [0.717, 1.165) is 27.8 Å². The highest BCUT2D eigenvalue weighted by Crippen LogP contribution is 2.22. The highest BCUT2D eigenvalue weighted by molar-refractivity contribution is 9.10. The summed E-state index contributed by atoms with van der Waals surface area (Å²) in [6.45, 7) is 3.31. The molecule has 2 N–H and O–H groups in total. The van der Waals surface area contributed by atoms with E-state index in [4.69, 9.17) is 5.73 Å². The van der Waals surface area contributed by atoms with Gasteiger partial charge in [-0.3, -0.25) is 9.36 Å². The van der Waals surface area contributed by atoms with Crippen LogP contribution in [0.1, 0.15) is 23.9 Å². The molecule has 0 bridgehead atoms. The molecule has 0 aliphatic carbocycles. The lowest BCUT2D eigenvalue weighted by Crippen LogP contribution is -2.06. The molecule has 0 atom stereocenters. The third-order valence-corrected chi connectivity index (χ3v) is 3.65. The molecule has 0 unspecified atom stereocenters. The molecule has 0 saturated carbocycles. The second-order valence-corrected chi connectivity index (χ2v) is 4.73. The number of hydrogen-bond acceptors (Lipinski definition) is 3. The summed E-state index contributed by atoms with van der Waals surface area (Å²) >= 11 is 3.59. The van der Waals surface area contributed by atoms with E-state index in [9.17, 15) is 0 Å². The second-order valence-electron chi connectivity index (χ2n) is 3.93. The Kier molecular flexibility index (Phi) is 3.63. The number of aryl methyl sites for hydroxylation is 2. The second kappa shape index (κ2) is 5.01.